The molecule has 1 aliphatic heterocycles. The number of rotatable bonds is 3. The number of nitrogens with zero attached hydrogens (tertiary/aromatic N) is 3. The maximum atomic E-state index is 12.7. The molecule has 9 heteroatoms. The third kappa shape index (κ3) is 3.67. The maximum absolute atomic E-state index is 12.7. The van der Waals surface area contributed by atoms with Gasteiger partial charge in [0.05, 0.1) is 9.82 Å². The van der Waals surface area contributed by atoms with E-state index >= 15 is 0 Å². The average molecular weight is 341 g/mol. The van der Waals surface area contributed by atoms with Crippen LogP contribution in [0.3, 0.4) is 0 Å². The summed E-state index contributed by atoms with van der Waals surface area (Å²) in [5, 5.41) is 11.0. The van der Waals surface area contributed by atoms with Gasteiger partial charge in [0, 0.05) is 44.7 Å². The van der Waals surface area contributed by atoms with Gasteiger partial charge < -0.3 is 4.90 Å². The van der Waals surface area contributed by atoms with Crippen molar-refractivity contribution in [3.05, 3.63) is 33.9 Å². The quantitative estimate of drug-likeness (QED) is 0.606. The summed E-state index contributed by atoms with van der Waals surface area (Å²) < 4.78 is 26.7. The number of hydrogen-bond acceptors (Lipinski definition) is 5. The fraction of sp³-hybridized carbons (Fsp3) is 0.500. The Kier molecular flexibility index (Phi) is 5.00. The molecule has 8 nitrogen and oxygen atoms in total. The fourth-order valence-corrected chi connectivity index (χ4v) is 4.03. The molecule has 1 heterocycles. The summed E-state index contributed by atoms with van der Waals surface area (Å²) in [7, 11) is -3.82. The van der Waals surface area contributed by atoms with Crippen LogP contribution < -0.4 is 0 Å². The molecule has 1 saturated heterocycles. The van der Waals surface area contributed by atoms with E-state index in [0.717, 1.165) is 6.07 Å². The molecule has 0 bridgehead atoms. The molecule has 1 aliphatic rings. The second kappa shape index (κ2) is 6.63. The molecule has 0 spiro atoms. The number of carbonyl (C=O) groups is 1. The molecule has 0 saturated carbocycles. The van der Waals surface area contributed by atoms with Gasteiger partial charge in [-0.25, -0.2) is 8.42 Å². The van der Waals surface area contributed by atoms with Crippen LogP contribution in [0.1, 0.15) is 18.9 Å². The molecule has 126 valence electrons. The van der Waals surface area contributed by atoms with Crippen molar-refractivity contribution in [2.75, 3.05) is 26.2 Å². The summed E-state index contributed by atoms with van der Waals surface area (Å²) in [5.41, 5.74) is 0.193. The molecule has 1 aromatic rings. The second-order valence-corrected chi connectivity index (χ2v) is 7.41. The lowest BCUT2D eigenvalue weighted by atomic mass is 10.2. The lowest BCUT2D eigenvalue weighted by Gasteiger charge is -2.21. The van der Waals surface area contributed by atoms with Crippen molar-refractivity contribution in [1.29, 1.82) is 0 Å². The monoisotopic (exact) mass is 341 g/mol. The fourth-order valence-electron chi connectivity index (χ4n) is 2.54. The van der Waals surface area contributed by atoms with Crippen molar-refractivity contribution < 1.29 is 18.1 Å². The van der Waals surface area contributed by atoms with Crippen LogP contribution in [0.4, 0.5) is 5.69 Å². The highest BCUT2D eigenvalue weighted by Crippen LogP contribution is 2.25. The van der Waals surface area contributed by atoms with Gasteiger partial charge >= 0.3 is 0 Å². The van der Waals surface area contributed by atoms with Crippen LogP contribution in [-0.2, 0) is 14.8 Å². The lowest BCUT2D eigenvalue weighted by molar-refractivity contribution is -0.385. The first-order valence-electron chi connectivity index (χ1n) is 7.24. The Bertz CT molecular complexity index is 732. The third-order valence-electron chi connectivity index (χ3n) is 3.92. The molecule has 0 atom stereocenters. The molecular weight excluding hydrogens is 322 g/mol. The summed E-state index contributed by atoms with van der Waals surface area (Å²) in [6.07, 6.45) is 0.534. The number of carbonyl (C=O) groups excluding carboxylic acids is 1. The zero-order valence-corrected chi connectivity index (χ0v) is 13.9. The number of nitro benzene ring substituents is 1. The molecule has 0 aliphatic carbocycles. The first kappa shape index (κ1) is 17.4. The second-order valence-electron chi connectivity index (χ2n) is 5.47. The van der Waals surface area contributed by atoms with Crippen molar-refractivity contribution in [3.63, 3.8) is 0 Å². The first-order valence-corrected chi connectivity index (χ1v) is 8.68. The lowest BCUT2D eigenvalue weighted by Crippen LogP contribution is -2.36. The van der Waals surface area contributed by atoms with E-state index in [2.05, 4.69) is 0 Å². The van der Waals surface area contributed by atoms with Crippen LogP contribution in [0.2, 0.25) is 0 Å². The summed E-state index contributed by atoms with van der Waals surface area (Å²) in [6.45, 7) is 4.31. The highest BCUT2D eigenvalue weighted by molar-refractivity contribution is 7.89. The van der Waals surface area contributed by atoms with Crippen molar-refractivity contribution in [2.45, 2.75) is 25.2 Å². The zero-order valence-electron chi connectivity index (χ0n) is 13.1. The molecule has 0 N–H and O–H groups in total. The van der Waals surface area contributed by atoms with Crippen molar-refractivity contribution in [1.82, 2.24) is 9.21 Å². The Labute approximate surface area is 134 Å². The molecule has 2 rings (SSSR count). The highest BCUT2D eigenvalue weighted by atomic mass is 32.2. The van der Waals surface area contributed by atoms with Gasteiger partial charge in [-0.1, -0.05) is 6.07 Å². The third-order valence-corrected chi connectivity index (χ3v) is 5.81. The largest absolute Gasteiger partial charge is 0.342 e. The molecule has 1 amide bonds. The van der Waals surface area contributed by atoms with E-state index in [1.165, 1.54) is 23.4 Å². The van der Waals surface area contributed by atoms with Gasteiger partial charge in [0.1, 0.15) is 0 Å². The van der Waals surface area contributed by atoms with Gasteiger partial charge in [-0.2, -0.15) is 4.31 Å². The van der Waals surface area contributed by atoms with E-state index in [4.69, 9.17) is 0 Å². The van der Waals surface area contributed by atoms with Crippen LogP contribution in [-0.4, -0.2) is 54.6 Å². The smallest absolute Gasteiger partial charge is 0.273 e. The van der Waals surface area contributed by atoms with Gasteiger partial charge in [-0.3, -0.25) is 14.9 Å². The summed E-state index contributed by atoms with van der Waals surface area (Å²) >= 11 is 0. The van der Waals surface area contributed by atoms with Gasteiger partial charge in [-0.05, 0) is 19.4 Å². The number of benzene rings is 1. The standard InChI is InChI=1S/C14H19N3O5S/c1-11-4-5-13(10-14(11)17(19)20)23(21,22)16-7-3-6-15(8-9-16)12(2)18/h4-5,10H,3,6-9H2,1-2H3. The van der Waals surface area contributed by atoms with Crippen molar-refractivity contribution >= 4 is 21.6 Å². The Morgan fingerprint density at radius 1 is 1.22 bits per heavy atom. The minimum absolute atomic E-state index is 0.0878. The molecule has 0 aromatic heterocycles. The SMILES string of the molecule is CC(=O)N1CCCN(S(=O)(=O)c2ccc(C)c([N+](=O)[O-])c2)CC1. The van der Waals surface area contributed by atoms with Crippen LogP contribution in [0.15, 0.2) is 23.1 Å². The minimum atomic E-state index is -3.82. The van der Waals surface area contributed by atoms with Crippen LogP contribution in [0.5, 0.6) is 0 Å². The Balaban J connectivity index is 2.30. The van der Waals surface area contributed by atoms with Crippen LogP contribution in [0.25, 0.3) is 0 Å². The van der Waals surface area contributed by atoms with E-state index in [0.29, 0.717) is 25.1 Å². The highest BCUT2D eigenvalue weighted by Gasteiger charge is 2.29. The Morgan fingerprint density at radius 3 is 2.52 bits per heavy atom. The number of hydrogen-bond donors (Lipinski definition) is 0. The molecule has 1 aromatic carbocycles. The van der Waals surface area contributed by atoms with E-state index in [1.807, 2.05) is 0 Å². The Hall–Kier alpha value is -2.00. The molecular formula is C14H19N3O5S. The van der Waals surface area contributed by atoms with E-state index < -0.39 is 14.9 Å². The van der Waals surface area contributed by atoms with Crippen LogP contribution in [0, 0.1) is 17.0 Å². The number of nitro groups is 1. The number of aryl methyl sites for hydroxylation is 1. The van der Waals surface area contributed by atoms with Crippen molar-refractivity contribution in [2.24, 2.45) is 0 Å². The summed E-state index contributed by atoms with van der Waals surface area (Å²) in [6, 6.07) is 3.91. The van der Waals surface area contributed by atoms with Gasteiger partial charge in [0.25, 0.3) is 5.69 Å². The molecule has 23 heavy (non-hydrogen) atoms. The minimum Gasteiger partial charge on any atom is -0.342 e. The predicted molar refractivity (Wildman–Crippen MR) is 83.5 cm³/mol. The summed E-state index contributed by atoms with van der Waals surface area (Å²) in [5.74, 6) is -0.0878. The molecule has 0 radical (unpaired) electrons. The van der Waals surface area contributed by atoms with Crippen LogP contribution >= 0.6 is 0 Å². The van der Waals surface area contributed by atoms with E-state index in [1.54, 1.807) is 11.8 Å². The van der Waals surface area contributed by atoms with E-state index in [-0.39, 0.29) is 29.6 Å². The summed E-state index contributed by atoms with van der Waals surface area (Å²) in [4.78, 5) is 23.3. The number of amides is 1. The predicted octanol–water partition coefficient (Wildman–Crippen LogP) is 1.15. The zero-order chi connectivity index (χ0) is 17.2. The normalized spacial score (nSPS) is 16.9. The van der Waals surface area contributed by atoms with Gasteiger partial charge in [-0.15, -0.1) is 0 Å². The maximum Gasteiger partial charge on any atom is 0.273 e. The molecule has 0 unspecified atom stereocenters. The average Bonchev–Trinajstić information content (AvgIpc) is 2.73. The Morgan fingerprint density at radius 2 is 1.91 bits per heavy atom. The first-order chi connectivity index (χ1) is 10.7. The van der Waals surface area contributed by atoms with E-state index in [9.17, 15) is 23.3 Å². The van der Waals surface area contributed by atoms with Crippen molar-refractivity contribution in [3.8, 4) is 0 Å². The topological polar surface area (TPSA) is 101 Å². The van der Waals surface area contributed by atoms with Gasteiger partial charge in [0.2, 0.25) is 15.9 Å². The van der Waals surface area contributed by atoms with Gasteiger partial charge in [0.15, 0.2) is 0 Å². The number of sulfonamides is 1. The molecule has 1 fully saturated rings.